The minimum atomic E-state index is -4.41. The van der Waals surface area contributed by atoms with Crippen molar-refractivity contribution in [2.45, 2.75) is 13.1 Å². The molecule has 166 valence electrons. The summed E-state index contributed by atoms with van der Waals surface area (Å²) in [4.78, 5) is 32.1. The Balaban J connectivity index is 1.43. The lowest BCUT2D eigenvalue weighted by molar-refractivity contribution is -0.137. The zero-order chi connectivity index (χ0) is 22.9. The van der Waals surface area contributed by atoms with Gasteiger partial charge in [0.15, 0.2) is 0 Å². The number of rotatable bonds is 4. The van der Waals surface area contributed by atoms with Gasteiger partial charge in [0.05, 0.1) is 5.56 Å². The molecule has 8 heteroatoms. The zero-order valence-corrected chi connectivity index (χ0v) is 17.4. The summed E-state index contributed by atoms with van der Waals surface area (Å²) in [5.41, 5.74) is 2.36. The Labute approximate surface area is 183 Å². The molecular formula is C24H22F3N3O2. The van der Waals surface area contributed by atoms with E-state index < -0.39 is 23.4 Å². The molecule has 1 amide bonds. The summed E-state index contributed by atoms with van der Waals surface area (Å²) in [5.74, 6) is -1.19. The lowest BCUT2D eigenvalue weighted by Crippen LogP contribution is -2.50. The van der Waals surface area contributed by atoms with Crippen LogP contribution in [0.2, 0.25) is 0 Å². The first-order valence-electron chi connectivity index (χ1n) is 10.2. The predicted octanol–water partition coefficient (Wildman–Crippen LogP) is 4.54. The van der Waals surface area contributed by atoms with E-state index in [1.165, 1.54) is 11.0 Å². The van der Waals surface area contributed by atoms with Gasteiger partial charge in [-0.3, -0.25) is 9.59 Å². The third-order valence-electron chi connectivity index (χ3n) is 5.64. The van der Waals surface area contributed by atoms with Crippen LogP contribution in [0, 0.1) is 6.92 Å². The number of hydrogen-bond donors (Lipinski definition) is 1. The van der Waals surface area contributed by atoms with Crippen LogP contribution in [0.15, 0.2) is 60.7 Å². The first-order valence-corrected chi connectivity index (χ1v) is 10.2. The van der Waals surface area contributed by atoms with Crippen LogP contribution in [0.3, 0.4) is 0 Å². The molecule has 1 fully saturated rings. The number of aryl methyl sites for hydroxylation is 1. The number of amides is 1. The van der Waals surface area contributed by atoms with Crippen LogP contribution in [0.5, 0.6) is 0 Å². The summed E-state index contributed by atoms with van der Waals surface area (Å²) in [6.07, 6.45) is -4.41. The fourth-order valence-electron chi connectivity index (χ4n) is 3.87. The van der Waals surface area contributed by atoms with Gasteiger partial charge in [-0.1, -0.05) is 36.4 Å². The minimum absolute atomic E-state index is 0.260. The van der Waals surface area contributed by atoms with E-state index >= 15 is 0 Å². The van der Waals surface area contributed by atoms with Gasteiger partial charge in [-0.05, 0) is 36.8 Å². The van der Waals surface area contributed by atoms with Crippen LogP contribution in [0.25, 0.3) is 11.3 Å². The van der Waals surface area contributed by atoms with E-state index in [2.05, 4.69) is 4.98 Å². The second-order valence-corrected chi connectivity index (χ2v) is 7.74. The van der Waals surface area contributed by atoms with E-state index in [1.54, 1.807) is 24.0 Å². The van der Waals surface area contributed by atoms with E-state index in [9.17, 15) is 22.8 Å². The molecule has 0 spiro atoms. The molecule has 1 aliphatic rings. The number of benzene rings is 2. The van der Waals surface area contributed by atoms with Crippen molar-refractivity contribution in [3.63, 3.8) is 0 Å². The number of hydrogen-bond acceptors (Lipinski definition) is 3. The molecule has 0 radical (unpaired) electrons. The molecule has 4 rings (SSSR count). The third-order valence-corrected chi connectivity index (χ3v) is 5.64. The molecule has 32 heavy (non-hydrogen) atoms. The number of carbonyl (C=O) groups excluding carboxylic acids is 2. The predicted molar refractivity (Wildman–Crippen MR) is 116 cm³/mol. The number of H-pyrrole nitrogens is 1. The number of nitrogens with zero attached hydrogens (tertiary/aromatic N) is 2. The monoisotopic (exact) mass is 441 g/mol. The number of nitrogens with one attached hydrogen (secondary N) is 1. The number of halogens is 3. The van der Waals surface area contributed by atoms with Gasteiger partial charge in [0.2, 0.25) is 0 Å². The SMILES string of the molecule is Cc1[nH]c(-c2ccccc2)cc1C(=O)C(=O)N1CCN(c2cccc(C(F)(F)F)c2)CC1. The fourth-order valence-corrected chi connectivity index (χ4v) is 3.87. The summed E-state index contributed by atoms with van der Waals surface area (Å²) < 4.78 is 39.0. The lowest BCUT2D eigenvalue weighted by atomic mass is 10.1. The molecule has 0 unspecified atom stereocenters. The van der Waals surface area contributed by atoms with Gasteiger partial charge in [0.1, 0.15) is 0 Å². The number of anilines is 1. The first kappa shape index (κ1) is 21.7. The van der Waals surface area contributed by atoms with Crippen molar-refractivity contribution in [2.75, 3.05) is 31.1 Å². The average molecular weight is 441 g/mol. The molecule has 0 saturated carbocycles. The van der Waals surface area contributed by atoms with Crippen LogP contribution >= 0.6 is 0 Å². The minimum Gasteiger partial charge on any atom is -0.368 e. The van der Waals surface area contributed by atoms with Gasteiger partial charge in [-0.15, -0.1) is 0 Å². The van der Waals surface area contributed by atoms with Crippen LogP contribution in [-0.4, -0.2) is 47.8 Å². The molecule has 3 aromatic rings. The summed E-state index contributed by atoms with van der Waals surface area (Å²) in [7, 11) is 0. The van der Waals surface area contributed by atoms with Crippen molar-refractivity contribution >= 4 is 17.4 Å². The quantitative estimate of drug-likeness (QED) is 0.478. The van der Waals surface area contributed by atoms with Crippen molar-refractivity contribution in [1.29, 1.82) is 0 Å². The highest BCUT2D eigenvalue weighted by Crippen LogP contribution is 2.32. The van der Waals surface area contributed by atoms with Crippen molar-refractivity contribution < 1.29 is 22.8 Å². The van der Waals surface area contributed by atoms with Crippen molar-refractivity contribution in [1.82, 2.24) is 9.88 Å². The first-order chi connectivity index (χ1) is 15.2. The maximum atomic E-state index is 13.0. The number of alkyl halides is 3. The Morgan fingerprint density at radius 1 is 0.906 bits per heavy atom. The molecule has 1 aliphatic heterocycles. The van der Waals surface area contributed by atoms with Crippen LogP contribution in [-0.2, 0) is 11.0 Å². The van der Waals surface area contributed by atoms with E-state index in [1.807, 2.05) is 30.3 Å². The molecular weight excluding hydrogens is 419 g/mol. The van der Waals surface area contributed by atoms with Crippen LogP contribution in [0.1, 0.15) is 21.6 Å². The zero-order valence-electron chi connectivity index (χ0n) is 17.4. The average Bonchev–Trinajstić information content (AvgIpc) is 3.20. The number of aromatic nitrogens is 1. The van der Waals surface area contributed by atoms with E-state index in [4.69, 9.17) is 0 Å². The van der Waals surface area contributed by atoms with E-state index in [0.717, 1.165) is 23.4 Å². The topological polar surface area (TPSA) is 56.4 Å². The van der Waals surface area contributed by atoms with Gasteiger partial charge >= 0.3 is 6.18 Å². The smallest absolute Gasteiger partial charge is 0.368 e. The summed E-state index contributed by atoms with van der Waals surface area (Å²) in [5, 5.41) is 0. The molecule has 0 aliphatic carbocycles. The van der Waals surface area contributed by atoms with Gasteiger partial charge in [-0.2, -0.15) is 13.2 Å². The molecule has 1 saturated heterocycles. The standard InChI is InChI=1S/C24H22F3N3O2/c1-16-20(15-21(28-16)17-6-3-2-4-7-17)22(31)23(32)30-12-10-29(11-13-30)19-9-5-8-18(14-19)24(25,26)27/h2-9,14-15,28H,10-13H2,1H3. The maximum absolute atomic E-state index is 13.0. The van der Waals surface area contributed by atoms with Gasteiger partial charge in [0, 0.05) is 48.8 Å². The summed E-state index contributed by atoms with van der Waals surface area (Å²) >= 11 is 0. The van der Waals surface area contributed by atoms with E-state index in [-0.39, 0.29) is 13.1 Å². The molecule has 5 nitrogen and oxygen atoms in total. The number of piperazine rings is 1. The highest BCUT2D eigenvalue weighted by atomic mass is 19.4. The maximum Gasteiger partial charge on any atom is 0.416 e. The number of aromatic amines is 1. The van der Waals surface area contributed by atoms with Crippen molar-refractivity contribution in [2.24, 2.45) is 0 Å². The van der Waals surface area contributed by atoms with Gasteiger partial charge in [-0.25, -0.2) is 0 Å². The van der Waals surface area contributed by atoms with Gasteiger partial charge < -0.3 is 14.8 Å². The Hall–Kier alpha value is -3.55. The van der Waals surface area contributed by atoms with Crippen LogP contribution < -0.4 is 4.90 Å². The highest BCUT2D eigenvalue weighted by molar-refractivity contribution is 6.43. The molecule has 1 aromatic heterocycles. The Kier molecular flexibility index (Phi) is 5.78. The number of Topliss-reactive ketones (excluding diaryl/α,β-unsaturated/α-hetero) is 1. The second-order valence-electron chi connectivity index (χ2n) is 7.74. The fraction of sp³-hybridized carbons (Fsp3) is 0.250. The highest BCUT2D eigenvalue weighted by Gasteiger charge is 2.32. The summed E-state index contributed by atoms with van der Waals surface area (Å²) in [6.45, 7) is 2.97. The van der Waals surface area contributed by atoms with Gasteiger partial charge in [0.25, 0.3) is 11.7 Å². The van der Waals surface area contributed by atoms with Crippen molar-refractivity contribution in [3.05, 3.63) is 77.5 Å². The molecule has 1 N–H and O–H groups in total. The molecule has 0 atom stereocenters. The number of carbonyl (C=O) groups is 2. The number of ketones is 1. The summed E-state index contributed by atoms with van der Waals surface area (Å²) in [6, 6.07) is 16.3. The molecule has 0 bridgehead atoms. The van der Waals surface area contributed by atoms with Crippen molar-refractivity contribution in [3.8, 4) is 11.3 Å². The Morgan fingerprint density at radius 2 is 1.59 bits per heavy atom. The van der Waals surface area contributed by atoms with E-state index in [0.29, 0.717) is 30.0 Å². The normalized spacial score (nSPS) is 14.5. The third kappa shape index (κ3) is 4.39. The molecule has 2 heterocycles. The lowest BCUT2D eigenvalue weighted by Gasteiger charge is -2.36. The Bertz CT molecular complexity index is 1130. The van der Waals surface area contributed by atoms with Crippen LogP contribution in [0.4, 0.5) is 18.9 Å². The molecule has 2 aromatic carbocycles. The largest absolute Gasteiger partial charge is 0.416 e. The Morgan fingerprint density at radius 3 is 2.25 bits per heavy atom. The second kappa shape index (κ2) is 8.53.